The van der Waals surface area contributed by atoms with Gasteiger partial charge < -0.3 is 9.73 Å². The molecular weight excluding hydrogens is 334 g/mol. The van der Waals surface area contributed by atoms with Crippen molar-refractivity contribution in [1.29, 1.82) is 0 Å². The van der Waals surface area contributed by atoms with Crippen LogP contribution in [0.1, 0.15) is 31.9 Å². The number of hydrogen-bond donors (Lipinski definition) is 2. The molecule has 0 bridgehead atoms. The Hall–Kier alpha value is -3.16. The zero-order valence-electron chi connectivity index (χ0n) is 14.4. The Morgan fingerprint density at radius 3 is 2.96 bits per heavy atom. The first kappa shape index (κ1) is 16.3. The van der Waals surface area contributed by atoms with Crippen molar-refractivity contribution in [3.63, 3.8) is 0 Å². The molecule has 0 aliphatic heterocycles. The topological polar surface area (TPSA) is 106 Å². The Morgan fingerprint density at radius 2 is 2.27 bits per heavy atom. The van der Waals surface area contributed by atoms with E-state index in [4.69, 9.17) is 4.42 Å². The molecule has 3 aromatic heterocycles. The molecule has 1 aliphatic rings. The SMILES string of the molecule is CCCc1cc(=O)[nH]c(-n2nc(-c3ccco3)cc2NC(=O)C2CC2)n1. The number of rotatable bonds is 6. The third-order valence-electron chi connectivity index (χ3n) is 4.17. The van der Waals surface area contributed by atoms with Gasteiger partial charge in [-0.15, -0.1) is 0 Å². The van der Waals surface area contributed by atoms with Crippen molar-refractivity contribution in [2.24, 2.45) is 5.92 Å². The molecule has 1 amide bonds. The lowest BCUT2D eigenvalue weighted by atomic mass is 10.2. The molecule has 0 atom stereocenters. The number of furan rings is 1. The highest BCUT2D eigenvalue weighted by atomic mass is 16.3. The van der Waals surface area contributed by atoms with Crippen LogP contribution in [0, 0.1) is 5.92 Å². The van der Waals surface area contributed by atoms with E-state index in [1.165, 1.54) is 10.7 Å². The molecule has 0 saturated heterocycles. The number of amides is 1. The van der Waals surface area contributed by atoms with Crippen LogP contribution < -0.4 is 10.9 Å². The molecule has 8 heteroatoms. The van der Waals surface area contributed by atoms with Crippen LogP contribution in [-0.4, -0.2) is 25.7 Å². The van der Waals surface area contributed by atoms with Crippen LogP contribution in [0.5, 0.6) is 0 Å². The zero-order valence-corrected chi connectivity index (χ0v) is 14.4. The minimum atomic E-state index is -0.257. The predicted octanol–water partition coefficient (Wildman–Crippen LogP) is 2.52. The molecule has 3 heterocycles. The van der Waals surface area contributed by atoms with Crippen LogP contribution in [0.15, 0.2) is 39.7 Å². The fourth-order valence-corrected chi connectivity index (χ4v) is 2.73. The zero-order chi connectivity index (χ0) is 18.1. The van der Waals surface area contributed by atoms with E-state index in [0.717, 1.165) is 19.3 Å². The van der Waals surface area contributed by atoms with Gasteiger partial charge in [-0.05, 0) is 31.4 Å². The minimum Gasteiger partial charge on any atom is -0.463 e. The second kappa shape index (κ2) is 6.62. The van der Waals surface area contributed by atoms with Gasteiger partial charge in [0.15, 0.2) is 5.76 Å². The smallest absolute Gasteiger partial charge is 0.252 e. The summed E-state index contributed by atoms with van der Waals surface area (Å²) in [6.45, 7) is 2.02. The number of H-pyrrole nitrogens is 1. The number of carbonyl (C=O) groups is 1. The summed E-state index contributed by atoms with van der Waals surface area (Å²) in [7, 11) is 0. The maximum Gasteiger partial charge on any atom is 0.252 e. The van der Waals surface area contributed by atoms with Gasteiger partial charge in [-0.2, -0.15) is 9.78 Å². The van der Waals surface area contributed by atoms with Gasteiger partial charge in [0, 0.05) is 23.7 Å². The van der Waals surface area contributed by atoms with Gasteiger partial charge in [0.2, 0.25) is 11.9 Å². The predicted molar refractivity (Wildman–Crippen MR) is 95.0 cm³/mol. The number of nitrogens with zero attached hydrogens (tertiary/aromatic N) is 3. The van der Waals surface area contributed by atoms with E-state index in [1.807, 2.05) is 6.92 Å². The molecular formula is C18H19N5O3. The number of hydrogen-bond acceptors (Lipinski definition) is 5. The Kier molecular flexibility index (Phi) is 4.16. The van der Waals surface area contributed by atoms with E-state index >= 15 is 0 Å². The third-order valence-corrected chi connectivity index (χ3v) is 4.17. The molecule has 0 radical (unpaired) electrons. The molecule has 0 aromatic carbocycles. The Labute approximate surface area is 149 Å². The number of carbonyl (C=O) groups excluding carboxylic acids is 1. The molecule has 1 aliphatic carbocycles. The summed E-state index contributed by atoms with van der Waals surface area (Å²) in [6, 6.07) is 6.74. The van der Waals surface area contributed by atoms with Gasteiger partial charge in [0.25, 0.3) is 5.56 Å². The van der Waals surface area contributed by atoms with E-state index in [-0.39, 0.29) is 23.3 Å². The van der Waals surface area contributed by atoms with Crippen molar-refractivity contribution < 1.29 is 9.21 Å². The molecule has 134 valence electrons. The van der Waals surface area contributed by atoms with Gasteiger partial charge in [-0.25, -0.2) is 4.98 Å². The molecule has 8 nitrogen and oxygen atoms in total. The molecule has 3 aromatic rings. The van der Waals surface area contributed by atoms with Crippen LogP contribution in [0.4, 0.5) is 5.82 Å². The van der Waals surface area contributed by atoms with Crippen LogP contribution in [0.2, 0.25) is 0 Å². The van der Waals surface area contributed by atoms with Crippen molar-refractivity contribution in [1.82, 2.24) is 19.7 Å². The van der Waals surface area contributed by atoms with Gasteiger partial charge in [0.1, 0.15) is 11.5 Å². The molecule has 1 saturated carbocycles. The first-order valence-corrected chi connectivity index (χ1v) is 8.69. The molecule has 4 rings (SSSR count). The Balaban J connectivity index is 1.78. The lowest BCUT2D eigenvalue weighted by molar-refractivity contribution is -0.117. The normalized spacial score (nSPS) is 13.7. The van der Waals surface area contributed by atoms with Crippen molar-refractivity contribution in [2.45, 2.75) is 32.6 Å². The van der Waals surface area contributed by atoms with Crippen molar-refractivity contribution in [2.75, 3.05) is 5.32 Å². The molecule has 0 unspecified atom stereocenters. The summed E-state index contributed by atoms with van der Waals surface area (Å²) in [4.78, 5) is 31.4. The lowest BCUT2D eigenvalue weighted by Crippen LogP contribution is -2.20. The third kappa shape index (κ3) is 3.30. The van der Waals surface area contributed by atoms with Crippen molar-refractivity contribution in [3.8, 4) is 17.4 Å². The Morgan fingerprint density at radius 1 is 1.42 bits per heavy atom. The molecule has 0 spiro atoms. The highest BCUT2D eigenvalue weighted by Gasteiger charge is 2.30. The highest BCUT2D eigenvalue weighted by molar-refractivity contribution is 5.93. The van der Waals surface area contributed by atoms with Crippen LogP contribution in [0.3, 0.4) is 0 Å². The average molecular weight is 353 g/mol. The van der Waals surface area contributed by atoms with E-state index in [0.29, 0.717) is 29.4 Å². The van der Waals surface area contributed by atoms with Gasteiger partial charge in [0.05, 0.1) is 6.26 Å². The first-order valence-electron chi connectivity index (χ1n) is 8.69. The van der Waals surface area contributed by atoms with Crippen molar-refractivity contribution >= 4 is 11.7 Å². The fraction of sp³-hybridized carbons (Fsp3) is 0.333. The molecule has 1 fully saturated rings. The quantitative estimate of drug-likeness (QED) is 0.708. The minimum absolute atomic E-state index is 0.0452. The Bertz CT molecular complexity index is 983. The van der Waals surface area contributed by atoms with Gasteiger partial charge in [-0.3, -0.25) is 14.6 Å². The summed E-state index contributed by atoms with van der Waals surface area (Å²) < 4.78 is 6.84. The summed E-state index contributed by atoms with van der Waals surface area (Å²) in [5.41, 5.74) is 0.971. The number of aryl methyl sites for hydroxylation is 1. The second-order valence-electron chi connectivity index (χ2n) is 6.38. The maximum absolute atomic E-state index is 12.2. The molecule has 2 N–H and O–H groups in total. The van der Waals surface area contributed by atoms with Crippen molar-refractivity contribution in [3.05, 3.63) is 46.6 Å². The summed E-state index contributed by atoms with van der Waals surface area (Å²) in [6.07, 6.45) is 4.90. The lowest BCUT2D eigenvalue weighted by Gasteiger charge is -2.08. The number of nitrogens with one attached hydrogen (secondary N) is 2. The first-order chi connectivity index (χ1) is 12.6. The summed E-state index contributed by atoms with van der Waals surface area (Å²) in [5.74, 6) is 1.28. The number of aromatic amines is 1. The van der Waals surface area contributed by atoms with Crippen LogP contribution in [0.25, 0.3) is 17.4 Å². The van der Waals surface area contributed by atoms with Crippen LogP contribution >= 0.6 is 0 Å². The largest absolute Gasteiger partial charge is 0.463 e. The number of anilines is 1. The highest BCUT2D eigenvalue weighted by Crippen LogP contribution is 2.31. The number of aromatic nitrogens is 4. The average Bonchev–Trinajstić information content (AvgIpc) is 3.15. The molecule has 26 heavy (non-hydrogen) atoms. The van der Waals surface area contributed by atoms with E-state index < -0.39 is 0 Å². The maximum atomic E-state index is 12.2. The van der Waals surface area contributed by atoms with Crippen LogP contribution in [-0.2, 0) is 11.2 Å². The fourth-order valence-electron chi connectivity index (χ4n) is 2.73. The second-order valence-corrected chi connectivity index (χ2v) is 6.38. The van der Waals surface area contributed by atoms with Gasteiger partial charge in [-0.1, -0.05) is 13.3 Å². The summed E-state index contributed by atoms with van der Waals surface area (Å²) >= 11 is 0. The monoisotopic (exact) mass is 353 g/mol. The standard InChI is InChI=1S/C18H19N5O3/c1-2-4-12-9-16(24)21-18(19-12)23-15(20-17(25)11-6-7-11)10-13(22-23)14-5-3-8-26-14/h3,5,8-11H,2,4,6-7H2,1H3,(H,20,25)(H,19,21,24). The van der Waals surface area contributed by atoms with E-state index in [2.05, 4.69) is 20.4 Å². The van der Waals surface area contributed by atoms with E-state index in [9.17, 15) is 9.59 Å². The van der Waals surface area contributed by atoms with Gasteiger partial charge >= 0.3 is 0 Å². The van der Waals surface area contributed by atoms with E-state index in [1.54, 1.807) is 24.5 Å². The summed E-state index contributed by atoms with van der Waals surface area (Å²) in [5, 5.41) is 7.36.